The van der Waals surface area contributed by atoms with Gasteiger partial charge in [0.05, 0.1) is 6.10 Å². The van der Waals surface area contributed by atoms with Crippen LogP contribution in [0.3, 0.4) is 0 Å². The van der Waals surface area contributed by atoms with Crippen molar-refractivity contribution in [1.29, 1.82) is 0 Å². The molecular formula is C14H19NO2. The SMILES string of the molecule is CCC(=O)N1CCCc2ccc(C(C)O)cc21. The Morgan fingerprint density at radius 1 is 1.53 bits per heavy atom. The van der Waals surface area contributed by atoms with Gasteiger partial charge in [0.25, 0.3) is 0 Å². The molecule has 2 rings (SSSR count). The first-order chi connectivity index (χ1) is 8.13. The lowest BCUT2D eigenvalue weighted by molar-refractivity contribution is -0.118. The summed E-state index contributed by atoms with van der Waals surface area (Å²) < 4.78 is 0. The number of aryl methyl sites for hydroxylation is 1. The summed E-state index contributed by atoms with van der Waals surface area (Å²) in [5, 5.41) is 9.60. The standard InChI is InChI=1S/C14H19NO2/c1-3-14(17)15-8-4-5-11-6-7-12(10(2)16)9-13(11)15/h6-7,9-10,16H,3-5,8H2,1-2H3. The van der Waals surface area contributed by atoms with Crippen molar-refractivity contribution in [2.75, 3.05) is 11.4 Å². The number of carbonyl (C=O) groups is 1. The Hall–Kier alpha value is -1.35. The van der Waals surface area contributed by atoms with E-state index in [1.54, 1.807) is 6.92 Å². The third kappa shape index (κ3) is 2.34. The van der Waals surface area contributed by atoms with Crippen LogP contribution < -0.4 is 4.90 Å². The average Bonchev–Trinajstić information content (AvgIpc) is 2.36. The summed E-state index contributed by atoms with van der Waals surface area (Å²) in [7, 11) is 0. The number of aliphatic hydroxyl groups is 1. The Balaban J connectivity index is 2.40. The second-order valence-electron chi connectivity index (χ2n) is 4.57. The van der Waals surface area contributed by atoms with Crippen molar-refractivity contribution in [3.63, 3.8) is 0 Å². The third-order valence-corrected chi connectivity index (χ3v) is 3.31. The van der Waals surface area contributed by atoms with Crippen molar-refractivity contribution < 1.29 is 9.90 Å². The number of fused-ring (bicyclic) bond motifs is 1. The fourth-order valence-electron chi connectivity index (χ4n) is 2.30. The van der Waals surface area contributed by atoms with Crippen LogP contribution in [0.2, 0.25) is 0 Å². The fourth-order valence-corrected chi connectivity index (χ4v) is 2.30. The number of rotatable bonds is 2. The van der Waals surface area contributed by atoms with Gasteiger partial charge < -0.3 is 10.0 Å². The maximum atomic E-state index is 11.9. The zero-order chi connectivity index (χ0) is 12.4. The van der Waals surface area contributed by atoms with Crippen LogP contribution in [0.15, 0.2) is 18.2 Å². The summed E-state index contributed by atoms with van der Waals surface area (Å²) in [6.07, 6.45) is 2.08. The number of hydrogen-bond donors (Lipinski definition) is 1. The van der Waals surface area contributed by atoms with Gasteiger partial charge in [0, 0.05) is 18.7 Å². The quantitative estimate of drug-likeness (QED) is 0.852. The van der Waals surface area contributed by atoms with Crippen LogP contribution in [0.1, 0.15) is 43.9 Å². The molecule has 0 radical (unpaired) electrons. The summed E-state index contributed by atoms with van der Waals surface area (Å²) >= 11 is 0. The maximum absolute atomic E-state index is 11.9. The molecule has 1 N–H and O–H groups in total. The number of anilines is 1. The molecule has 1 aromatic rings. The van der Waals surface area contributed by atoms with E-state index in [1.165, 1.54) is 5.56 Å². The predicted molar refractivity (Wildman–Crippen MR) is 68.0 cm³/mol. The molecule has 1 aliphatic heterocycles. The minimum Gasteiger partial charge on any atom is -0.389 e. The Morgan fingerprint density at radius 2 is 2.29 bits per heavy atom. The summed E-state index contributed by atoms with van der Waals surface area (Å²) in [6, 6.07) is 5.93. The van der Waals surface area contributed by atoms with E-state index in [-0.39, 0.29) is 5.91 Å². The maximum Gasteiger partial charge on any atom is 0.226 e. The van der Waals surface area contributed by atoms with Gasteiger partial charge in [-0.25, -0.2) is 0 Å². The van der Waals surface area contributed by atoms with Crippen LogP contribution in [0.4, 0.5) is 5.69 Å². The van der Waals surface area contributed by atoms with Crippen molar-refractivity contribution in [3.8, 4) is 0 Å². The van der Waals surface area contributed by atoms with Gasteiger partial charge in [-0.15, -0.1) is 0 Å². The second kappa shape index (κ2) is 4.88. The summed E-state index contributed by atoms with van der Waals surface area (Å²) in [4.78, 5) is 13.7. The van der Waals surface area contributed by atoms with Crippen molar-refractivity contribution in [2.45, 2.75) is 39.2 Å². The van der Waals surface area contributed by atoms with Crippen LogP contribution >= 0.6 is 0 Å². The van der Waals surface area contributed by atoms with Crippen LogP contribution in [0.5, 0.6) is 0 Å². The normalized spacial score (nSPS) is 16.5. The monoisotopic (exact) mass is 233 g/mol. The van der Waals surface area contributed by atoms with Crippen molar-refractivity contribution in [2.24, 2.45) is 0 Å². The lowest BCUT2D eigenvalue weighted by atomic mass is 9.98. The Bertz CT molecular complexity index is 426. The topological polar surface area (TPSA) is 40.5 Å². The molecule has 92 valence electrons. The molecule has 0 aliphatic carbocycles. The third-order valence-electron chi connectivity index (χ3n) is 3.31. The Morgan fingerprint density at radius 3 is 2.94 bits per heavy atom. The minimum absolute atomic E-state index is 0.161. The van der Waals surface area contributed by atoms with Gasteiger partial charge >= 0.3 is 0 Å². The number of amides is 1. The van der Waals surface area contributed by atoms with E-state index in [1.807, 2.05) is 30.0 Å². The number of carbonyl (C=O) groups excluding carboxylic acids is 1. The highest BCUT2D eigenvalue weighted by Crippen LogP contribution is 2.30. The van der Waals surface area contributed by atoms with Crippen molar-refractivity contribution >= 4 is 11.6 Å². The van der Waals surface area contributed by atoms with E-state index in [2.05, 4.69) is 0 Å². The molecular weight excluding hydrogens is 214 g/mol. The Kier molecular flexibility index (Phi) is 3.48. The minimum atomic E-state index is -0.485. The first-order valence-corrected chi connectivity index (χ1v) is 6.24. The lowest BCUT2D eigenvalue weighted by Gasteiger charge is -2.30. The highest BCUT2D eigenvalue weighted by atomic mass is 16.3. The van der Waals surface area contributed by atoms with Crippen LogP contribution in [0.25, 0.3) is 0 Å². The zero-order valence-corrected chi connectivity index (χ0v) is 10.4. The summed E-state index contributed by atoms with van der Waals surface area (Å²) in [6.45, 7) is 4.43. The molecule has 1 unspecified atom stereocenters. The molecule has 0 saturated heterocycles. The van der Waals surface area contributed by atoms with Gasteiger partial charge in [0.2, 0.25) is 5.91 Å². The summed E-state index contributed by atoms with van der Waals surface area (Å²) in [5.41, 5.74) is 3.07. The van der Waals surface area contributed by atoms with Gasteiger partial charge in [-0.1, -0.05) is 19.1 Å². The lowest BCUT2D eigenvalue weighted by Crippen LogP contribution is -2.35. The van der Waals surface area contributed by atoms with Crippen molar-refractivity contribution in [1.82, 2.24) is 0 Å². The van der Waals surface area contributed by atoms with E-state index in [0.29, 0.717) is 6.42 Å². The summed E-state index contributed by atoms with van der Waals surface area (Å²) in [5.74, 6) is 0.161. The molecule has 1 heterocycles. The molecule has 1 aromatic carbocycles. The van der Waals surface area contributed by atoms with Gasteiger partial charge in [-0.3, -0.25) is 4.79 Å². The fraction of sp³-hybridized carbons (Fsp3) is 0.500. The van der Waals surface area contributed by atoms with E-state index in [9.17, 15) is 9.90 Å². The highest BCUT2D eigenvalue weighted by molar-refractivity contribution is 5.94. The number of nitrogens with zero attached hydrogens (tertiary/aromatic N) is 1. The molecule has 0 spiro atoms. The molecule has 17 heavy (non-hydrogen) atoms. The van der Waals surface area contributed by atoms with E-state index < -0.39 is 6.10 Å². The van der Waals surface area contributed by atoms with Crippen LogP contribution in [0, 0.1) is 0 Å². The van der Waals surface area contributed by atoms with Crippen molar-refractivity contribution in [3.05, 3.63) is 29.3 Å². The smallest absolute Gasteiger partial charge is 0.226 e. The van der Waals surface area contributed by atoms with Gasteiger partial charge in [-0.2, -0.15) is 0 Å². The molecule has 3 nitrogen and oxygen atoms in total. The highest BCUT2D eigenvalue weighted by Gasteiger charge is 2.21. The van der Waals surface area contributed by atoms with E-state index in [4.69, 9.17) is 0 Å². The molecule has 1 amide bonds. The zero-order valence-electron chi connectivity index (χ0n) is 10.4. The van der Waals surface area contributed by atoms with Crippen LogP contribution in [-0.4, -0.2) is 17.6 Å². The average molecular weight is 233 g/mol. The molecule has 0 aromatic heterocycles. The van der Waals surface area contributed by atoms with Crippen LogP contribution in [-0.2, 0) is 11.2 Å². The first-order valence-electron chi connectivity index (χ1n) is 6.24. The molecule has 3 heteroatoms. The molecule has 0 bridgehead atoms. The van der Waals surface area contributed by atoms with E-state index >= 15 is 0 Å². The second-order valence-corrected chi connectivity index (χ2v) is 4.57. The molecule has 0 fully saturated rings. The number of aliphatic hydroxyl groups excluding tert-OH is 1. The van der Waals surface area contributed by atoms with Gasteiger partial charge in [0.1, 0.15) is 0 Å². The predicted octanol–water partition coefficient (Wildman–Crippen LogP) is 2.43. The largest absolute Gasteiger partial charge is 0.389 e. The van der Waals surface area contributed by atoms with Gasteiger partial charge in [-0.05, 0) is 37.0 Å². The number of benzene rings is 1. The number of hydrogen-bond acceptors (Lipinski definition) is 2. The molecule has 0 saturated carbocycles. The van der Waals surface area contributed by atoms with Gasteiger partial charge in [0.15, 0.2) is 0 Å². The first kappa shape index (κ1) is 12.1. The van der Waals surface area contributed by atoms with E-state index in [0.717, 1.165) is 30.6 Å². The Labute approximate surface area is 102 Å². The molecule has 1 aliphatic rings. The molecule has 1 atom stereocenters.